The fraction of sp³-hybridized carbons (Fsp3) is 0.500. The normalized spacial score (nSPS) is 22.9. The van der Waals surface area contributed by atoms with E-state index in [1.807, 2.05) is 38.1 Å². The molecular formula is C14H19NO3S. The highest BCUT2D eigenvalue weighted by Gasteiger charge is 2.33. The summed E-state index contributed by atoms with van der Waals surface area (Å²) in [5.41, 5.74) is 2.19. The first-order chi connectivity index (χ1) is 8.89. The van der Waals surface area contributed by atoms with Gasteiger partial charge in [0.1, 0.15) is 0 Å². The third-order valence-electron chi connectivity index (χ3n) is 3.62. The van der Waals surface area contributed by atoms with E-state index in [0.29, 0.717) is 6.42 Å². The van der Waals surface area contributed by atoms with Gasteiger partial charge in [-0.05, 0) is 31.4 Å². The maximum atomic E-state index is 12.1. The van der Waals surface area contributed by atoms with Crippen LogP contribution in [0.4, 0.5) is 0 Å². The van der Waals surface area contributed by atoms with Gasteiger partial charge in [-0.2, -0.15) is 0 Å². The van der Waals surface area contributed by atoms with E-state index in [4.69, 9.17) is 0 Å². The first kappa shape index (κ1) is 14.1. The topological polar surface area (TPSA) is 63.2 Å². The third kappa shape index (κ3) is 3.35. The van der Waals surface area contributed by atoms with Gasteiger partial charge in [0.05, 0.1) is 23.5 Å². The summed E-state index contributed by atoms with van der Waals surface area (Å²) in [7, 11) is -3.01. The first-order valence-corrected chi connectivity index (χ1v) is 8.27. The smallest absolute Gasteiger partial charge is 0.224 e. The second-order valence-corrected chi connectivity index (χ2v) is 7.42. The Kier molecular flexibility index (Phi) is 3.94. The zero-order valence-electron chi connectivity index (χ0n) is 11.2. The van der Waals surface area contributed by atoms with Gasteiger partial charge >= 0.3 is 0 Å². The molecular weight excluding hydrogens is 262 g/mol. The second kappa shape index (κ2) is 5.33. The molecule has 2 rings (SSSR count). The summed E-state index contributed by atoms with van der Waals surface area (Å²) in [5, 5.41) is 2.91. The molecule has 1 heterocycles. The zero-order chi connectivity index (χ0) is 14.0. The van der Waals surface area contributed by atoms with Crippen LogP contribution < -0.4 is 5.32 Å². The van der Waals surface area contributed by atoms with Crippen molar-refractivity contribution in [3.8, 4) is 0 Å². The average molecular weight is 281 g/mol. The van der Waals surface area contributed by atoms with E-state index in [1.54, 1.807) is 0 Å². The number of rotatable bonds is 3. The van der Waals surface area contributed by atoms with E-state index in [-0.39, 0.29) is 23.5 Å². The molecule has 1 amide bonds. The van der Waals surface area contributed by atoms with Crippen LogP contribution in [0.15, 0.2) is 24.3 Å². The lowest BCUT2D eigenvalue weighted by molar-refractivity contribution is -0.124. The molecule has 1 aliphatic heterocycles. The number of benzene rings is 1. The molecule has 1 aliphatic rings. The molecule has 0 saturated carbocycles. The zero-order valence-corrected chi connectivity index (χ0v) is 12.0. The lowest BCUT2D eigenvalue weighted by Gasteiger charge is -2.18. The number of sulfone groups is 1. The molecule has 4 nitrogen and oxygen atoms in total. The summed E-state index contributed by atoms with van der Waals surface area (Å²) in [6, 6.07) is 7.77. The fourth-order valence-electron chi connectivity index (χ4n) is 2.48. The van der Waals surface area contributed by atoms with Crippen molar-refractivity contribution >= 4 is 15.7 Å². The summed E-state index contributed by atoms with van der Waals surface area (Å²) in [4.78, 5) is 12.1. The number of amides is 1. The summed E-state index contributed by atoms with van der Waals surface area (Å²) < 4.78 is 22.8. The van der Waals surface area contributed by atoms with E-state index in [0.717, 1.165) is 11.1 Å². The van der Waals surface area contributed by atoms with Crippen molar-refractivity contribution in [1.82, 2.24) is 5.32 Å². The van der Waals surface area contributed by atoms with Gasteiger partial charge in [-0.1, -0.05) is 24.3 Å². The Bertz CT molecular complexity index is 580. The lowest BCUT2D eigenvalue weighted by Crippen LogP contribution is -2.33. The molecule has 1 aromatic carbocycles. The van der Waals surface area contributed by atoms with Crippen molar-refractivity contribution in [2.24, 2.45) is 5.92 Å². The Balaban J connectivity index is 2.02. The predicted octanol–water partition coefficient (Wildman–Crippen LogP) is 1.61. The van der Waals surface area contributed by atoms with E-state index in [1.165, 1.54) is 0 Å². The molecule has 19 heavy (non-hydrogen) atoms. The quantitative estimate of drug-likeness (QED) is 0.915. The van der Waals surface area contributed by atoms with Crippen LogP contribution in [0.2, 0.25) is 0 Å². The van der Waals surface area contributed by atoms with Crippen molar-refractivity contribution in [3.05, 3.63) is 35.4 Å². The maximum Gasteiger partial charge on any atom is 0.224 e. The van der Waals surface area contributed by atoms with Gasteiger partial charge in [0.2, 0.25) is 5.91 Å². The Hall–Kier alpha value is -1.36. The highest BCUT2D eigenvalue weighted by atomic mass is 32.2. The van der Waals surface area contributed by atoms with Crippen LogP contribution >= 0.6 is 0 Å². The van der Waals surface area contributed by atoms with Crippen molar-refractivity contribution in [2.75, 3.05) is 11.5 Å². The van der Waals surface area contributed by atoms with Crippen LogP contribution in [0.3, 0.4) is 0 Å². The molecule has 0 unspecified atom stereocenters. The maximum absolute atomic E-state index is 12.1. The monoisotopic (exact) mass is 281 g/mol. The highest BCUT2D eigenvalue weighted by molar-refractivity contribution is 7.91. The van der Waals surface area contributed by atoms with Crippen LogP contribution in [0.5, 0.6) is 0 Å². The van der Waals surface area contributed by atoms with Crippen molar-refractivity contribution < 1.29 is 13.2 Å². The number of nitrogens with one attached hydrogen (secondary N) is 1. The molecule has 1 fully saturated rings. The highest BCUT2D eigenvalue weighted by Crippen LogP contribution is 2.21. The number of aryl methyl sites for hydroxylation is 1. The Labute approximate surface area is 114 Å². The molecule has 1 aromatic rings. The van der Waals surface area contributed by atoms with Gasteiger partial charge in [0.15, 0.2) is 9.84 Å². The first-order valence-electron chi connectivity index (χ1n) is 6.45. The van der Waals surface area contributed by atoms with E-state index in [9.17, 15) is 13.2 Å². The molecule has 5 heteroatoms. The van der Waals surface area contributed by atoms with Crippen LogP contribution in [0.1, 0.15) is 30.5 Å². The van der Waals surface area contributed by atoms with Gasteiger partial charge in [0, 0.05) is 0 Å². The van der Waals surface area contributed by atoms with Crippen LogP contribution in [0, 0.1) is 12.8 Å². The van der Waals surface area contributed by atoms with E-state index >= 15 is 0 Å². The summed E-state index contributed by atoms with van der Waals surface area (Å²) >= 11 is 0. The average Bonchev–Trinajstić information content (AvgIpc) is 2.70. The van der Waals surface area contributed by atoms with Crippen LogP contribution in [-0.2, 0) is 14.6 Å². The van der Waals surface area contributed by atoms with Crippen LogP contribution in [-0.4, -0.2) is 25.8 Å². The van der Waals surface area contributed by atoms with E-state index in [2.05, 4.69) is 5.32 Å². The minimum Gasteiger partial charge on any atom is -0.349 e. The number of carbonyl (C=O) groups excluding carboxylic acids is 1. The summed E-state index contributed by atoms with van der Waals surface area (Å²) in [5.74, 6) is -0.434. The SMILES string of the molecule is Cc1ccccc1[C@H](C)NC(=O)[C@@H]1CCS(=O)(=O)C1. The van der Waals surface area contributed by atoms with Gasteiger partial charge in [-0.3, -0.25) is 4.79 Å². The largest absolute Gasteiger partial charge is 0.349 e. The molecule has 0 aliphatic carbocycles. The second-order valence-electron chi connectivity index (χ2n) is 5.19. The molecule has 0 aromatic heterocycles. The Morgan fingerprint density at radius 2 is 2.05 bits per heavy atom. The molecule has 1 N–H and O–H groups in total. The molecule has 104 valence electrons. The predicted molar refractivity (Wildman–Crippen MR) is 74.5 cm³/mol. The standard InChI is InChI=1S/C14H19NO3S/c1-10-5-3-4-6-13(10)11(2)15-14(16)12-7-8-19(17,18)9-12/h3-6,11-12H,7-9H2,1-2H3,(H,15,16)/t11-,12+/m0/s1. The van der Waals surface area contributed by atoms with Crippen LogP contribution in [0.25, 0.3) is 0 Å². The summed E-state index contributed by atoms with van der Waals surface area (Å²) in [6.45, 7) is 3.92. The van der Waals surface area contributed by atoms with E-state index < -0.39 is 15.8 Å². The molecule has 0 bridgehead atoms. The van der Waals surface area contributed by atoms with Crippen molar-refractivity contribution in [1.29, 1.82) is 0 Å². The van der Waals surface area contributed by atoms with Gasteiger partial charge in [-0.15, -0.1) is 0 Å². The minimum absolute atomic E-state index is 0.0146. The van der Waals surface area contributed by atoms with Crippen molar-refractivity contribution in [2.45, 2.75) is 26.3 Å². The molecule has 0 spiro atoms. The number of hydrogen-bond acceptors (Lipinski definition) is 3. The Morgan fingerprint density at radius 3 is 2.63 bits per heavy atom. The Morgan fingerprint density at radius 1 is 1.37 bits per heavy atom. The van der Waals surface area contributed by atoms with Gasteiger partial charge in [0.25, 0.3) is 0 Å². The number of hydrogen-bond donors (Lipinski definition) is 1. The molecule has 0 radical (unpaired) electrons. The van der Waals surface area contributed by atoms with Gasteiger partial charge < -0.3 is 5.32 Å². The summed E-state index contributed by atoms with van der Waals surface area (Å²) in [6.07, 6.45) is 0.439. The lowest BCUT2D eigenvalue weighted by atomic mass is 10.0. The molecule has 2 atom stereocenters. The minimum atomic E-state index is -3.01. The third-order valence-corrected chi connectivity index (χ3v) is 5.38. The van der Waals surface area contributed by atoms with Gasteiger partial charge in [-0.25, -0.2) is 8.42 Å². The van der Waals surface area contributed by atoms with Crippen molar-refractivity contribution in [3.63, 3.8) is 0 Å². The fourth-order valence-corrected chi connectivity index (χ4v) is 4.22. The number of carbonyl (C=O) groups is 1. The molecule has 1 saturated heterocycles.